The van der Waals surface area contributed by atoms with E-state index in [1.165, 1.54) is 19.2 Å². The van der Waals surface area contributed by atoms with E-state index in [4.69, 9.17) is 9.47 Å². The number of carbonyl (C=O) groups excluding carboxylic acids is 2. The van der Waals surface area contributed by atoms with Crippen molar-refractivity contribution in [3.05, 3.63) is 89.5 Å². The van der Waals surface area contributed by atoms with Crippen molar-refractivity contribution < 1.29 is 32.6 Å². The van der Waals surface area contributed by atoms with Gasteiger partial charge in [0.2, 0.25) is 15.8 Å². The molecule has 2 N–H and O–H groups in total. The molecule has 0 amide bonds. The molecule has 0 saturated carbocycles. The SMILES string of the molecule is COc1ccccc1C(=O)COC(=O)c1cc(S(=O)(=O)NCc2ccccc2)ccc1O. The molecule has 0 aliphatic heterocycles. The van der Waals surface area contributed by atoms with Crippen LogP contribution in [0.4, 0.5) is 0 Å². The number of aromatic hydroxyl groups is 1. The average Bonchev–Trinajstić information content (AvgIpc) is 2.81. The normalized spacial score (nSPS) is 11.0. The van der Waals surface area contributed by atoms with Crippen molar-refractivity contribution in [2.75, 3.05) is 13.7 Å². The number of para-hydroxylation sites is 1. The lowest BCUT2D eigenvalue weighted by Crippen LogP contribution is -2.23. The van der Waals surface area contributed by atoms with Crippen LogP contribution in [0.2, 0.25) is 0 Å². The maximum Gasteiger partial charge on any atom is 0.342 e. The molecule has 0 aromatic heterocycles. The molecule has 0 unspecified atom stereocenters. The van der Waals surface area contributed by atoms with Crippen LogP contribution in [0, 0.1) is 0 Å². The Kier molecular flexibility index (Phi) is 7.24. The van der Waals surface area contributed by atoms with Gasteiger partial charge < -0.3 is 14.6 Å². The molecule has 0 spiro atoms. The number of phenolic OH excluding ortho intramolecular Hbond substituents is 1. The fourth-order valence-corrected chi connectivity index (χ4v) is 3.91. The Bertz CT molecular complexity index is 1220. The number of methoxy groups -OCH3 is 1. The number of ketones is 1. The molecule has 0 aliphatic rings. The molecule has 0 saturated heterocycles. The van der Waals surface area contributed by atoms with Gasteiger partial charge in [-0.2, -0.15) is 0 Å². The van der Waals surface area contributed by atoms with Gasteiger partial charge in [0.25, 0.3) is 0 Å². The van der Waals surface area contributed by atoms with Crippen molar-refractivity contribution in [3.8, 4) is 11.5 Å². The van der Waals surface area contributed by atoms with E-state index in [1.807, 2.05) is 6.07 Å². The summed E-state index contributed by atoms with van der Waals surface area (Å²) in [5.74, 6) is -1.69. The van der Waals surface area contributed by atoms with Gasteiger partial charge in [-0.15, -0.1) is 0 Å². The predicted molar refractivity (Wildman–Crippen MR) is 116 cm³/mol. The lowest BCUT2D eigenvalue weighted by atomic mass is 10.1. The lowest BCUT2D eigenvalue weighted by Gasteiger charge is -2.11. The summed E-state index contributed by atoms with van der Waals surface area (Å²) in [7, 11) is -2.56. The Morgan fingerprint density at radius 2 is 1.62 bits per heavy atom. The molecule has 0 fully saturated rings. The summed E-state index contributed by atoms with van der Waals surface area (Å²) in [5.41, 5.74) is 0.609. The Hall–Kier alpha value is -3.69. The first-order chi connectivity index (χ1) is 15.3. The van der Waals surface area contributed by atoms with E-state index in [0.29, 0.717) is 5.75 Å². The molecule has 3 aromatic rings. The second kappa shape index (κ2) is 10.1. The quantitative estimate of drug-likeness (QED) is 0.376. The van der Waals surface area contributed by atoms with Crippen LogP contribution in [-0.2, 0) is 21.3 Å². The number of carbonyl (C=O) groups is 2. The van der Waals surface area contributed by atoms with E-state index in [-0.39, 0.29) is 22.6 Å². The van der Waals surface area contributed by atoms with Crippen molar-refractivity contribution in [1.29, 1.82) is 0 Å². The van der Waals surface area contributed by atoms with Gasteiger partial charge in [0.05, 0.1) is 17.6 Å². The summed E-state index contributed by atoms with van der Waals surface area (Å²) in [5, 5.41) is 10.0. The molecule has 0 heterocycles. The van der Waals surface area contributed by atoms with Crippen molar-refractivity contribution in [1.82, 2.24) is 4.72 Å². The second-order valence-electron chi connectivity index (χ2n) is 6.69. The fourth-order valence-electron chi connectivity index (χ4n) is 2.86. The zero-order valence-electron chi connectivity index (χ0n) is 17.1. The minimum atomic E-state index is -3.97. The van der Waals surface area contributed by atoms with E-state index in [1.54, 1.807) is 42.5 Å². The fraction of sp³-hybridized carbons (Fsp3) is 0.130. The van der Waals surface area contributed by atoms with Gasteiger partial charge in [-0.05, 0) is 35.9 Å². The van der Waals surface area contributed by atoms with E-state index in [2.05, 4.69) is 4.72 Å². The molecule has 0 radical (unpaired) electrons. The van der Waals surface area contributed by atoms with Crippen LogP contribution in [0.15, 0.2) is 77.7 Å². The third kappa shape index (κ3) is 5.51. The molecule has 3 aromatic carbocycles. The van der Waals surface area contributed by atoms with Crippen LogP contribution in [0.1, 0.15) is 26.3 Å². The third-order valence-corrected chi connectivity index (χ3v) is 5.95. The van der Waals surface area contributed by atoms with Gasteiger partial charge in [-0.3, -0.25) is 4.79 Å². The minimum Gasteiger partial charge on any atom is -0.507 e. The number of esters is 1. The number of Topliss-reactive ketones (excluding diaryl/α,β-unsaturated/α-hetero) is 1. The van der Waals surface area contributed by atoms with E-state index in [9.17, 15) is 23.1 Å². The zero-order valence-corrected chi connectivity index (χ0v) is 18.0. The molecule has 9 heteroatoms. The highest BCUT2D eigenvalue weighted by Crippen LogP contribution is 2.23. The molecule has 0 atom stereocenters. The van der Waals surface area contributed by atoms with E-state index in [0.717, 1.165) is 17.7 Å². The maximum atomic E-state index is 12.6. The highest BCUT2D eigenvalue weighted by Gasteiger charge is 2.21. The van der Waals surface area contributed by atoms with Crippen LogP contribution < -0.4 is 9.46 Å². The highest BCUT2D eigenvalue weighted by atomic mass is 32.2. The number of sulfonamides is 1. The van der Waals surface area contributed by atoms with E-state index >= 15 is 0 Å². The molecule has 32 heavy (non-hydrogen) atoms. The van der Waals surface area contributed by atoms with Crippen molar-refractivity contribution in [2.24, 2.45) is 0 Å². The largest absolute Gasteiger partial charge is 0.507 e. The number of hydrogen-bond acceptors (Lipinski definition) is 7. The van der Waals surface area contributed by atoms with Crippen LogP contribution in [-0.4, -0.2) is 39.0 Å². The molecule has 8 nitrogen and oxygen atoms in total. The minimum absolute atomic E-state index is 0.0528. The van der Waals surface area contributed by atoms with Gasteiger partial charge in [0, 0.05) is 6.54 Å². The summed E-state index contributed by atoms with van der Waals surface area (Å²) < 4.78 is 37.7. The lowest BCUT2D eigenvalue weighted by molar-refractivity contribution is 0.0470. The standard InChI is InChI=1S/C23H21NO7S/c1-30-22-10-6-5-9-18(22)21(26)15-31-23(27)19-13-17(11-12-20(19)25)32(28,29)24-14-16-7-3-2-4-8-16/h2-13,24-25H,14-15H2,1H3. The molecule has 3 rings (SSSR count). The smallest absolute Gasteiger partial charge is 0.342 e. The van der Waals surface area contributed by atoms with Crippen molar-refractivity contribution in [2.45, 2.75) is 11.4 Å². The van der Waals surface area contributed by atoms with Crippen LogP contribution >= 0.6 is 0 Å². The topological polar surface area (TPSA) is 119 Å². The van der Waals surface area contributed by atoms with Crippen molar-refractivity contribution in [3.63, 3.8) is 0 Å². The highest BCUT2D eigenvalue weighted by molar-refractivity contribution is 7.89. The van der Waals surface area contributed by atoms with Gasteiger partial charge in [-0.25, -0.2) is 17.9 Å². The number of phenols is 1. The summed E-state index contributed by atoms with van der Waals surface area (Å²) in [6, 6.07) is 18.6. The molecular formula is C23H21NO7S. The Morgan fingerprint density at radius 3 is 2.34 bits per heavy atom. The number of hydrogen-bond donors (Lipinski definition) is 2. The Balaban J connectivity index is 1.71. The summed E-state index contributed by atoms with van der Waals surface area (Å²) in [6.45, 7) is -0.556. The number of benzene rings is 3. The first-order valence-corrected chi connectivity index (χ1v) is 11.0. The number of rotatable bonds is 9. The predicted octanol–water partition coefficient (Wildman–Crippen LogP) is 2.92. The first kappa shape index (κ1) is 23.0. The first-order valence-electron chi connectivity index (χ1n) is 9.52. The van der Waals surface area contributed by atoms with E-state index < -0.39 is 34.1 Å². The molecule has 0 bridgehead atoms. The second-order valence-corrected chi connectivity index (χ2v) is 8.46. The Morgan fingerprint density at radius 1 is 0.938 bits per heavy atom. The molecule has 0 aliphatic carbocycles. The third-order valence-electron chi connectivity index (χ3n) is 4.55. The zero-order chi connectivity index (χ0) is 23.1. The van der Waals surface area contributed by atoms with Gasteiger partial charge in [0.15, 0.2) is 6.61 Å². The van der Waals surface area contributed by atoms with Gasteiger partial charge >= 0.3 is 5.97 Å². The number of nitrogens with one attached hydrogen (secondary N) is 1. The molecule has 166 valence electrons. The monoisotopic (exact) mass is 455 g/mol. The summed E-state index contributed by atoms with van der Waals surface area (Å²) in [4.78, 5) is 24.6. The van der Waals surface area contributed by atoms with Crippen LogP contribution in [0.5, 0.6) is 11.5 Å². The Labute approximate surface area is 185 Å². The van der Waals surface area contributed by atoms with Crippen LogP contribution in [0.25, 0.3) is 0 Å². The molecular weight excluding hydrogens is 434 g/mol. The average molecular weight is 455 g/mol. The van der Waals surface area contributed by atoms with Crippen molar-refractivity contribution >= 4 is 21.8 Å². The van der Waals surface area contributed by atoms with Gasteiger partial charge in [-0.1, -0.05) is 42.5 Å². The van der Waals surface area contributed by atoms with Crippen LogP contribution in [0.3, 0.4) is 0 Å². The number of ether oxygens (including phenoxy) is 2. The summed E-state index contributed by atoms with van der Waals surface area (Å²) >= 11 is 0. The van der Waals surface area contributed by atoms with Gasteiger partial charge in [0.1, 0.15) is 17.1 Å². The summed E-state index contributed by atoms with van der Waals surface area (Å²) in [6.07, 6.45) is 0. The maximum absolute atomic E-state index is 12.6.